The van der Waals surface area contributed by atoms with Crippen molar-refractivity contribution in [1.82, 2.24) is 0 Å². The minimum atomic E-state index is -5.19. The Bertz CT molecular complexity index is 2780. The highest BCUT2D eigenvalue weighted by Crippen LogP contribution is 2.37. The molecule has 10 nitrogen and oxygen atoms in total. The molecule has 6 aromatic rings. The number of anilines is 2. The number of carbonyl (C=O) groups is 2. The molecule has 0 aliphatic carbocycles. The van der Waals surface area contributed by atoms with Gasteiger partial charge in [-0.3, -0.25) is 9.44 Å². The molecule has 0 aliphatic heterocycles. The molecule has 0 heterocycles. The predicted molar refractivity (Wildman–Crippen MR) is 219 cm³/mol. The van der Waals surface area contributed by atoms with Gasteiger partial charge in [-0.25, -0.2) is 30.8 Å². The number of aromatic carboxylic acids is 2. The number of carboxylic acid groups (broad SMARTS) is 2. The van der Waals surface area contributed by atoms with E-state index in [-0.39, 0.29) is 39.9 Å². The first-order chi connectivity index (χ1) is 29.5. The van der Waals surface area contributed by atoms with Gasteiger partial charge in [0.2, 0.25) is 0 Å². The third kappa shape index (κ3) is 13.1. The summed E-state index contributed by atoms with van der Waals surface area (Å²) in [6.45, 7) is 0. The summed E-state index contributed by atoms with van der Waals surface area (Å²) in [5.74, 6) is -2.66. The Kier molecular flexibility index (Phi) is 14.7. The van der Waals surface area contributed by atoms with E-state index in [4.69, 9.17) is 0 Å². The highest BCUT2D eigenvalue weighted by Gasteiger charge is 2.38. The lowest BCUT2D eigenvalue weighted by molar-refractivity contribution is -0.143. The summed E-state index contributed by atoms with van der Waals surface area (Å²) in [4.78, 5) is 21.2. The summed E-state index contributed by atoms with van der Waals surface area (Å²) < 4.78 is 146. The second kappa shape index (κ2) is 19.5. The maximum atomic E-state index is 13.3. The summed E-state index contributed by atoms with van der Waals surface area (Å²) >= 11 is 0. The van der Waals surface area contributed by atoms with Crippen molar-refractivity contribution < 1.29 is 67.4 Å². The van der Waals surface area contributed by atoms with E-state index in [0.29, 0.717) is 42.5 Å². The number of hydrogen-bond acceptors (Lipinski definition) is 6. The number of hydrogen-bond donors (Lipinski definition) is 4. The molecule has 0 saturated carbocycles. The van der Waals surface area contributed by atoms with Gasteiger partial charge in [-0.05, 0) is 121 Å². The second-order valence-corrected chi connectivity index (χ2v) is 17.1. The summed E-state index contributed by atoms with van der Waals surface area (Å²) in [5, 5.41) is 18.5. The topological polar surface area (TPSA) is 167 Å². The lowest BCUT2D eigenvalue weighted by atomic mass is 10.00. The molecule has 0 spiro atoms. The van der Waals surface area contributed by atoms with Crippen LogP contribution in [0.5, 0.6) is 0 Å². The summed E-state index contributed by atoms with van der Waals surface area (Å²) in [6.07, 6.45) is -8.44. The maximum absolute atomic E-state index is 13.3. The van der Waals surface area contributed by atoms with E-state index in [1.54, 1.807) is 66.7 Å². The zero-order valence-electron chi connectivity index (χ0n) is 32.4. The fourth-order valence-corrected chi connectivity index (χ4v) is 8.29. The van der Waals surface area contributed by atoms with Gasteiger partial charge in [0.25, 0.3) is 20.0 Å². The number of benzene rings is 6. The minimum absolute atomic E-state index is 0.0781. The molecule has 0 atom stereocenters. The zero-order chi connectivity index (χ0) is 46.2. The van der Waals surface area contributed by atoms with Gasteiger partial charge >= 0.3 is 24.3 Å². The molecule has 19 heteroatoms. The molecule has 63 heavy (non-hydrogen) atoms. The zero-order valence-corrected chi connectivity index (χ0v) is 34.0. The summed E-state index contributed by atoms with van der Waals surface area (Å²) in [7, 11) is -8.65. The number of sulfonamides is 2. The van der Waals surface area contributed by atoms with E-state index in [1.165, 1.54) is 48.5 Å². The van der Waals surface area contributed by atoms with Crippen LogP contribution in [0.1, 0.15) is 54.1 Å². The fraction of sp³-hybridized carbons (Fsp3) is 0.136. The monoisotopic (exact) mass is 916 g/mol. The molecule has 0 aliphatic rings. The third-order valence-corrected chi connectivity index (χ3v) is 12.0. The van der Waals surface area contributed by atoms with Crippen molar-refractivity contribution in [2.24, 2.45) is 0 Å². The Morgan fingerprint density at radius 1 is 0.476 bits per heavy atom. The first-order valence-corrected chi connectivity index (χ1v) is 21.4. The Morgan fingerprint density at radius 2 is 0.873 bits per heavy atom. The van der Waals surface area contributed by atoms with Crippen molar-refractivity contribution in [1.29, 1.82) is 0 Å². The molecule has 0 aromatic heterocycles. The number of halogens is 7. The molecule has 6 aromatic carbocycles. The van der Waals surface area contributed by atoms with Crippen LogP contribution in [0.4, 0.5) is 42.1 Å². The van der Waals surface area contributed by atoms with Gasteiger partial charge in [-0.2, -0.15) is 26.3 Å². The predicted octanol–water partition coefficient (Wildman–Crippen LogP) is 10.1. The maximum Gasteiger partial charge on any atom is 0.416 e. The normalized spacial score (nSPS) is 11.9. The van der Waals surface area contributed by atoms with Gasteiger partial charge in [0, 0.05) is 11.4 Å². The number of nitrogens with one attached hydrogen (secondary N) is 2. The van der Waals surface area contributed by atoms with E-state index in [0.717, 1.165) is 17.2 Å². The largest absolute Gasteiger partial charge is 0.478 e. The van der Waals surface area contributed by atoms with Gasteiger partial charge in [-0.1, -0.05) is 66.7 Å². The molecule has 4 N–H and O–H groups in total. The van der Waals surface area contributed by atoms with Crippen LogP contribution in [0, 0.1) is 5.82 Å². The van der Waals surface area contributed by atoms with Gasteiger partial charge in [-0.15, -0.1) is 0 Å². The Hall–Kier alpha value is -6.73. The molecule has 0 saturated heterocycles. The summed E-state index contributed by atoms with van der Waals surface area (Å²) in [6, 6.07) is 30.5. The quantitative estimate of drug-likeness (QED) is 0.0784. The van der Waals surface area contributed by atoms with Crippen molar-refractivity contribution >= 4 is 43.4 Å². The van der Waals surface area contributed by atoms with Crippen molar-refractivity contribution in [2.45, 2.75) is 47.8 Å². The molecular formula is C44H35F7N2O8S2. The van der Waals surface area contributed by atoms with E-state index in [9.17, 15) is 67.4 Å². The molecule has 0 radical (unpaired) electrons. The van der Waals surface area contributed by atoms with Crippen molar-refractivity contribution in [3.05, 3.63) is 190 Å². The van der Waals surface area contributed by atoms with Crippen LogP contribution in [0.3, 0.4) is 0 Å². The highest BCUT2D eigenvalue weighted by molar-refractivity contribution is 7.93. The van der Waals surface area contributed by atoms with Crippen molar-refractivity contribution in [3.63, 3.8) is 0 Å². The van der Waals surface area contributed by atoms with E-state index in [2.05, 4.69) is 4.72 Å². The average Bonchev–Trinajstić information content (AvgIpc) is 3.22. The van der Waals surface area contributed by atoms with Gasteiger partial charge in [0.1, 0.15) is 5.82 Å². The first kappa shape index (κ1) is 47.3. The van der Waals surface area contributed by atoms with E-state index in [1.807, 2.05) is 4.72 Å². The number of alkyl halides is 6. The van der Waals surface area contributed by atoms with Crippen LogP contribution in [-0.4, -0.2) is 39.0 Å². The van der Waals surface area contributed by atoms with Crippen LogP contribution in [0.2, 0.25) is 0 Å². The van der Waals surface area contributed by atoms with Gasteiger partial charge in [0.05, 0.1) is 32.0 Å². The number of aryl methyl sites for hydroxylation is 4. The minimum Gasteiger partial charge on any atom is -0.478 e. The Morgan fingerprint density at radius 3 is 1.25 bits per heavy atom. The molecule has 330 valence electrons. The van der Waals surface area contributed by atoms with Crippen LogP contribution in [0.15, 0.2) is 149 Å². The highest BCUT2D eigenvalue weighted by atomic mass is 32.2. The fourth-order valence-electron chi connectivity index (χ4n) is 6.07. The number of carboxylic acids is 2. The average molecular weight is 917 g/mol. The van der Waals surface area contributed by atoms with Crippen LogP contribution in [-0.2, 0) is 58.1 Å². The smallest absolute Gasteiger partial charge is 0.416 e. The van der Waals surface area contributed by atoms with Gasteiger partial charge < -0.3 is 10.2 Å². The van der Waals surface area contributed by atoms with Crippen LogP contribution in [0.25, 0.3) is 0 Å². The van der Waals surface area contributed by atoms with Gasteiger partial charge in [0.15, 0.2) is 0 Å². The lowest BCUT2D eigenvalue weighted by Gasteiger charge is -2.15. The second-order valence-electron chi connectivity index (χ2n) is 13.7. The molecule has 0 fully saturated rings. The van der Waals surface area contributed by atoms with Crippen LogP contribution >= 0.6 is 0 Å². The van der Waals surface area contributed by atoms with Crippen molar-refractivity contribution in [2.75, 3.05) is 9.44 Å². The van der Waals surface area contributed by atoms with E-state index >= 15 is 0 Å². The first-order valence-electron chi connectivity index (χ1n) is 18.4. The SMILES string of the molecule is O=C(O)c1ccccc1CCc1ccc(NS(=O)(=O)c2cc(C(F)(F)F)cc(C(F)(F)F)c2)cc1.O=C(O)c1ccccc1CCc1ccc(NS(=O)(=O)c2cccc(F)c2)cc1. The molecular weight excluding hydrogens is 882 g/mol. The molecule has 6 rings (SSSR count). The Balaban J connectivity index is 0.000000243. The third-order valence-electron chi connectivity index (χ3n) is 9.25. The van der Waals surface area contributed by atoms with Crippen molar-refractivity contribution in [3.8, 4) is 0 Å². The molecule has 0 bridgehead atoms. The lowest BCUT2D eigenvalue weighted by Crippen LogP contribution is -2.17. The molecule has 0 unspecified atom stereocenters. The number of rotatable bonds is 14. The van der Waals surface area contributed by atoms with Crippen LogP contribution < -0.4 is 9.44 Å². The summed E-state index contributed by atoms with van der Waals surface area (Å²) in [5.41, 5.74) is 0.193. The molecule has 0 amide bonds. The Labute approximate surface area is 356 Å². The standard InChI is InChI=1S/C23H17F6NO4S.C21H18FNO4S/c24-22(25,26)16-11-17(23(27,28)29)13-19(12-16)35(33,34)30-18-9-6-14(7-10-18)5-8-15-3-1-2-4-20(15)21(31)32;22-17-5-3-6-19(14-17)28(26,27)23-18-12-9-15(10-13-18)8-11-16-4-1-2-7-20(16)21(24)25/h1-4,6-7,9-13,30H,5,8H2,(H,31,32);1-7,9-10,12-14,23H,8,11H2,(H,24,25). The van der Waals surface area contributed by atoms with E-state index < -0.39 is 66.2 Å².